The molecule has 0 amide bonds. The molecular formula is C15H16N4O2. The van der Waals surface area contributed by atoms with Gasteiger partial charge in [0.2, 0.25) is 0 Å². The third-order valence-corrected chi connectivity index (χ3v) is 4.57. The van der Waals surface area contributed by atoms with E-state index in [-0.39, 0.29) is 11.9 Å². The highest BCUT2D eigenvalue weighted by Gasteiger charge is 2.60. The number of hydrogen-bond donors (Lipinski definition) is 0. The zero-order valence-corrected chi connectivity index (χ0v) is 12.0. The molecule has 2 aliphatic rings. The van der Waals surface area contributed by atoms with Crippen LogP contribution in [0.2, 0.25) is 0 Å². The fraction of sp³-hybridized carbons (Fsp3) is 0.467. The molecule has 1 aliphatic heterocycles. The van der Waals surface area contributed by atoms with Crippen LogP contribution in [0.15, 0.2) is 18.5 Å². The van der Waals surface area contributed by atoms with E-state index in [0.29, 0.717) is 11.8 Å². The molecule has 0 bridgehead atoms. The van der Waals surface area contributed by atoms with Gasteiger partial charge in [-0.3, -0.25) is 4.79 Å². The lowest BCUT2D eigenvalue weighted by atomic mass is 10.2. The molecule has 6 nitrogen and oxygen atoms in total. The Morgan fingerprint density at radius 2 is 2.05 bits per heavy atom. The number of anilines is 1. The van der Waals surface area contributed by atoms with Crippen LogP contribution < -0.4 is 4.90 Å². The van der Waals surface area contributed by atoms with Crippen molar-refractivity contribution in [1.29, 1.82) is 0 Å². The first-order valence-electron chi connectivity index (χ1n) is 7.10. The lowest BCUT2D eigenvalue weighted by Crippen LogP contribution is -2.27. The first kappa shape index (κ1) is 12.5. The van der Waals surface area contributed by atoms with Crippen LogP contribution in [-0.2, 0) is 9.53 Å². The number of ether oxygens (including phenoxy) is 1. The largest absolute Gasteiger partial charge is 0.469 e. The fourth-order valence-electron chi connectivity index (χ4n) is 3.44. The standard InChI is InChI=1S/C15H16N4O2/c1-8-3-4-11-13(18-8)14(17-7-16-11)19-5-9-10(6-19)12(9)15(20)21-2/h3-4,7,9-10,12H,5-6H2,1-2H3/t9-,10+,12?. The molecule has 1 aliphatic carbocycles. The minimum Gasteiger partial charge on any atom is -0.469 e. The molecule has 0 spiro atoms. The molecule has 2 aromatic heterocycles. The highest BCUT2D eigenvalue weighted by Crippen LogP contribution is 2.53. The molecule has 108 valence electrons. The molecule has 0 aromatic carbocycles. The van der Waals surface area contributed by atoms with Gasteiger partial charge in [0, 0.05) is 18.8 Å². The minimum absolute atomic E-state index is 0.0776. The van der Waals surface area contributed by atoms with Gasteiger partial charge < -0.3 is 9.64 Å². The Balaban J connectivity index is 1.62. The van der Waals surface area contributed by atoms with E-state index in [2.05, 4.69) is 19.9 Å². The van der Waals surface area contributed by atoms with Crippen molar-refractivity contribution in [3.8, 4) is 0 Å². The number of aryl methyl sites for hydroxylation is 1. The summed E-state index contributed by atoms with van der Waals surface area (Å²) in [5.41, 5.74) is 2.65. The number of carbonyl (C=O) groups excluding carboxylic acids is 1. The van der Waals surface area contributed by atoms with E-state index in [1.54, 1.807) is 6.33 Å². The summed E-state index contributed by atoms with van der Waals surface area (Å²) < 4.78 is 4.84. The van der Waals surface area contributed by atoms with Crippen LogP contribution >= 0.6 is 0 Å². The Labute approximate surface area is 122 Å². The number of methoxy groups -OCH3 is 1. The zero-order chi connectivity index (χ0) is 14.6. The number of esters is 1. The highest BCUT2D eigenvalue weighted by molar-refractivity contribution is 5.86. The predicted molar refractivity (Wildman–Crippen MR) is 76.8 cm³/mol. The number of aromatic nitrogens is 3. The summed E-state index contributed by atoms with van der Waals surface area (Å²) in [5.74, 6) is 1.67. The van der Waals surface area contributed by atoms with Gasteiger partial charge in [0.1, 0.15) is 11.8 Å². The SMILES string of the molecule is COC(=O)C1[C@H]2CN(c3ncnc4ccc(C)nc34)C[C@@H]12. The van der Waals surface area contributed by atoms with Gasteiger partial charge in [-0.1, -0.05) is 0 Å². The second-order valence-corrected chi connectivity index (χ2v) is 5.80. The third kappa shape index (κ3) is 1.86. The number of piperidine rings is 1. The fourth-order valence-corrected chi connectivity index (χ4v) is 3.44. The quantitative estimate of drug-likeness (QED) is 0.772. The van der Waals surface area contributed by atoms with E-state index < -0.39 is 0 Å². The van der Waals surface area contributed by atoms with Crippen molar-refractivity contribution >= 4 is 22.8 Å². The number of fused-ring (bicyclic) bond motifs is 2. The van der Waals surface area contributed by atoms with Gasteiger partial charge in [-0.25, -0.2) is 15.0 Å². The first-order valence-corrected chi connectivity index (χ1v) is 7.10. The summed E-state index contributed by atoms with van der Waals surface area (Å²) in [6.07, 6.45) is 1.58. The van der Waals surface area contributed by atoms with Crippen molar-refractivity contribution in [2.75, 3.05) is 25.1 Å². The Morgan fingerprint density at radius 3 is 2.76 bits per heavy atom. The highest BCUT2D eigenvalue weighted by atomic mass is 16.5. The molecule has 6 heteroatoms. The van der Waals surface area contributed by atoms with Gasteiger partial charge in [-0.2, -0.15) is 0 Å². The Bertz CT molecular complexity index is 721. The van der Waals surface area contributed by atoms with Crippen LogP contribution in [0.25, 0.3) is 11.0 Å². The lowest BCUT2D eigenvalue weighted by molar-refractivity contribution is -0.142. The molecule has 4 rings (SSSR count). The molecule has 21 heavy (non-hydrogen) atoms. The molecule has 2 fully saturated rings. The van der Waals surface area contributed by atoms with Gasteiger partial charge in [-0.15, -0.1) is 0 Å². The van der Waals surface area contributed by atoms with E-state index in [4.69, 9.17) is 4.74 Å². The number of nitrogens with zero attached hydrogens (tertiary/aromatic N) is 4. The summed E-state index contributed by atoms with van der Waals surface area (Å²) in [7, 11) is 1.46. The second kappa shape index (κ2) is 4.38. The van der Waals surface area contributed by atoms with Crippen LogP contribution in [0, 0.1) is 24.7 Å². The van der Waals surface area contributed by atoms with Crippen LogP contribution in [0.3, 0.4) is 0 Å². The van der Waals surface area contributed by atoms with Crippen molar-refractivity contribution < 1.29 is 9.53 Å². The average Bonchev–Trinajstić information content (AvgIpc) is 3.00. The Kier molecular flexibility index (Phi) is 2.60. The first-order chi connectivity index (χ1) is 10.2. The van der Waals surface area contributed by atoms with Gasteiger partial charge in [0.05, 0.1) is 18.5 Å². The van der Waals surface area contributed by atoms with E-state index in [0.717, 1.165) is 35.6 Å². The number of rotatable bonds is 2. The minimum atomic E-state index is -0.0776. The van der Waals surface area contributed by atoms with Crippen molar-refractivity contribution in [3.63, 3.8) is 0 Å². The summed E-state index contributed by atoms with van der Waals surface area (Å²) in [6.45, 7) is 3.64. The molecular weight excluding hydrogens is 268 g/mol. The number of carbonyl (C=O) groups is 1. The monoisotopic (exact) mass is 284 g/mol. The maximum atomic E-state index is 11.6. The van der Waals surface area contributed by atoms with Crippen molar-refractivity contribution in [3.05, 3.63) is 24.2 Å². The van der Waals surface area contributed by atoms with Crippen molar-refractivity contribution in [2.24, 2.45) is 17.8 Å². The van der Waals surface area contributed by atoms with E-state index in [1.165, 1.54) is 7.11 Å². The maximum absolute atomic E-state index is 11.6. The van der Waals surface area contributed by atoms with E-state index >= 15 is 0 Å². The van der Waals surface area contributed by atoms with Crippen LogP contribution in [0.1, 0.15) is 5.69 Å². The van der Waals surface area contributed by atoms with Crippen molar-refractivity contribution in [2.45, 2.75) is 6.92 Å². The van der Waals surface area contributed by atoms with Gasteiger partial charge in [0.15, 0.2) is 5.82 Å². The molecule has 0 radical (unpaired) electrons. The number of hydrogen-bond acceptors (Lipinski definition) is 6. The van der Waals surface area contributed by atoms with E-state index in [9.17, 15) is 4.79 Å². The molecule has 0 N–H and O–H groups in total. The maximum Gasteiger partial charge on any atom is 0.309 e. The van der Waals surface area contributed by atoms with Crippen LogP contribution in [0.5, 0.6) is 0 Å². The lowest BCUT2D eigenvalue weighted by Gasteiger charge is -2.21. The summed E-state index contributed by atoms with van der Waals surface area (Å²) in [6, 6.07) is 3.92. The summed E-state index contributed by atoms with van der Waals surface area (Å²) in [5, 5.41) is 0. The topological polar surface area (TPSA) is 68.2 Å². The zero-order valence-electron chi connectivity index (χ0n) is 12.0. The Hall–Kier alpha value is -2.24. The number of pyridine rings is 1. The summed E-state index contributed by atoms with van der Waals surface area (Å²) in [4.78, 5) is 27.1. The predicted octanol–water partition coefficient (Wildman–Crippen LogP) is 1.19. The summed E-state index contributed by atoms with van der Waals surface area (Å²) >= 11 is 0. The van der Waals surface area contributed by atoms with Crippen molar-refractivity contribution in [1.82, 2.24) is 15.0 Å². The smallest absolute Gasteiger partial charge is 0.309 e. The molecule has 1 unspecified atom stereocenters. The average molecular weight is 284 g/mol. The normalized spacial score (nSPS) is 26.8. The van der Waals surface area contributed by atoms with Gasteiger partial charge >= 0.3 is 5.97 Å². The molecule has 1 saturated heterocycles. The van der Waals surface area contributed by atoms with Crippen LogP contribution in [-0.4, -0.2) is 41.1 Å². The second-order valence-electron chi connectivity index (χ2n) is 5.80. The third-order valence-electron chi connectivity index (χ3n) is 4.57. The molecule has 3 atom stereocenters. The molecule has 2 aromatic rings. The van der Waals surface area contributed by atoms with Crippen LogP contribution in [0.4, 0.5) is 5.82 Å². The van der Waals surface area contributed by atoms with E-state index in [1.807, 2.05) is 19.1 Å². The van der Waals surface area contributed by atoms with Gasteiger partial charge in [0.25, 0.3) is 0 Å². The van der Waals surface area contributed by atoms with Gasteiger partial charge in [-0.05, 0) is 30.9 Å². The molecule has 1 saturated carbocycles. The molecule has 3 heterocycles. The Morgan fingerprint density at radius 1 is 1.29 bits per heavy atom.